The molecule has 0 radical (unpaired) electrons. The summed E-state index contributed by atoms with van der Waals surface area (Å²) in [5, 5.41) is 0.933. The zero-order chi connectivity index (χ0) is 26.6. The van der Waals surface area contributed by atoms with E-state index >= 15 is 4.39 Å². The van der Waals surface area contributed by atoms with Crippen molar-refractivity contribution in [3.05, 3.63) is 95.3 Å². The fourth-order valence-electron chi connectivity index (χ4n) is 4.04. The van der Waals surface area contributed by atoms with Crippen LogP contribution in [0.5, 0.6) is 11.5 Å². The summed E-state index contributed by atoms with van der Waals surface area (Å²) in [6.45, 7) is 2.55. The largest absolute Gasteiger partial charge is 0.573 e. The second-order valence-electron chi connectivity index (χ2n) is 8.63. The lowest BCUT2D eigenvalue weighted by Crippen LogP contribution is -2.18. The van der Waals surface area contributed by atoms with Gasteiger partial charge in [0.05, 0.1) is 6.61 Å². The Bertz CT molecular complexity index is 1400. The lowest BCUT2D eigenvalue weighted by Gasteiger charge is -2.12. The van der Waals surface area contributed by atoms with Crippen molar-refractivity contribution >= 4 is 10.8 Å². The fraction of sp³-hybridized carbons (Fsp3) is 0.241. The van der Waals surface area contributed by atoms with Crippen molar-refractivity contribution in [1.29, 1.82) is 0 Å². The maximum Gasteiger partial charge on any atom is 0.573 e. The van der Waals surface area contributed by atoms with Crippen molar-refractivity contribution in [3.63, 3.8) is 0 Å². The average Bonchev–Trinajstić information content (AvgIpc) is 2.84. The second kappa shape index (κ2) is 11.2. The Balaban J connectivity index is 1.49. The highest BCUT2D eigenvalue weighted by Gasteiger charge is 2.32. The van der Waals surface area contributed by atoms with Crippen LogP contribution in [-0.4, -0.2) is 13.0 Å². The number of benzene rings is 4. The molecule has 0 amide bonds. The maximum atomic E-state index is 15.2. The third-order valence-corrected chi connectivity index (χ3v) is 5.96. The van der Waals surface area contributed by atoms with Crippen molar-refractivity contribution in [3.8, 4) is 22.6 Å². The lowest BCUT2D eigenvalue weighted by atomic mass is 9.97. The molecule has 194 valence electrons. The Morgan fingerprint density at radius 2 is 1.59 bits per heavy atom. The SMILES string of the molecule is CCCCOc1ccc(-c2ccc3c(F)c(CCc4ccc(OC(F)(F)F)c(F)c4)ccc3c2)c(F)c1. The molecule has 0 atom stereocenters. The van der Waals surface area contributed by atoms with Crippen LogP contribution in [-0.2, 0) is 12.8 Å². The molecule has 0 saturated carbocycles. The van der Waals surface area contributed by atoms with Gasteiger partial charge in [0.1, 0.15) is 17.4 Å². The molecule has 4 aromatic carbocycles. The van der Waals surface area contributed by atoms with E-state index in [1.807, 2.05) is 6.92 Å². The molecule has 0 unspecified atom stereocenters. The standard InChI is InChI=1S/C29H24F6O2/c1-2-3-14-36-22-10-12-23(25(30)17-22)20-9-11-24-21(16-20)8-7-19(28(24)32)6-4-18-5-13-27(26(31)15-18)37-29(33,34)35/h5,7-13,15-17H,2-4,6,14H2,1H3. The Labute approximate surface area is 210 Å². The molecule has 8 heteroatoms. The van der Waals surface area contributed by atoms with E-state index in [0.717, 1.165) is 25.0 Å². The number of aryl methyl sites for hydroxylation is 2. The molecule has 0 heterocycles. The highest BCUT2D eigenvalue weighted by Crippen LogP contribution is 2.31. The number of unbranched alkanes of at least 4 members (excludes halogenated alkanes) is 1. The summed E-state index contributed by atoms with van der Waals surface area (Å²) in [5.74, 6) is -2.51. The molecular weight excluding hydrogens is 494 g/mol. The molecule has 0 saturated heterocycles. The van der Waals surface area contributed by atoms with E-state index in [0.29, 0.717) is 45.4 Å². The van der Waals surface area contributed by atoms with E-state index in [4.69, 9.17) is 4.74 Å². The van der Waals surface area contributed by atoms with Gasteiger partial charge in [0.2, 0.25) is 0 Å². The molecule has 0 aromatic heterocycles. The van der Waals surface area contributed by atoms with Crippen LogP contribution in [0.1, 0.15) is 30.9 Å². The number of fused-ring (bicyclic) bond motifs is 1. The van der Waals surface area contributed by atoms with Gasteiger partial charge in [0, 0.05) is 17.0 Å². The summed E-state index contributed by atoms with van der Waals surface area (Å²) in [5.41, 5.74) is 1.73. The quantitative estimate of drug-likeness (QED) is 0.163. The Kier molecular flexibility index (Phi) is 7.95. The normalized spacial score (nSPS) is 11.6. The first-order chi connectivity index (χ1) is 17.6. The van der Waals surface area contributed by atoms with Crippen molar-refractivity contribution in [2.45, 2.75) is 39.0 Å². The summed E-state index contributed by atoms with van der Waals surface area (Å²) in [4.78, 5) is 0. The van der Waals surface area contributed by atoms with E-state index in [1.165, 1.54) is 12.1 Å². The number of rotatable bonds is 9. The Morgan fingerprint density at radius 3 is 2.30 bits per heavy atom. The van der Waals surface area contributed by atoms with Crippen LogP contribution in [0.3, 0.4) is 0 Å². The van der Waals surface area contributed by atoms with Gasteiger partial charge in [-0.3, -0.25) is 0 Å². The molecule has 37 heavy (non-hydrogen) atoms. The van der Waals surface area contributed by atoms with Gasteiger partial charge in [-0.15, -0.1) is 13.2 Å². The van der Waals surface area contributed by atoms with Gasteiger partial charge in [0.15, 0.2) is 11.6 Å². The first-order valence-corrected chi connectivity index (χ1v) is 11.8. The lowest BCUT2D eigenvalue weighted by molar-refractivity contribution is -0.275. The predicted octanol–water partition coefficient (Wildman–Crippen LogP) is 8.79. The van der Waals surface area contributed by atoms with Gasteiger partial charge < -0.3 is 9.47 Å². The minimum Gasteiger partial charge on any atom is -0.493 e. The van der Waals surface area contributed by atoms with Gasteiger partial charge in [-0.05, 0) is 71.7 Å². The summed E-state index contributed by atoms with van der Waals surface area (Å²) in [6, 6.07) is 16.1. The molecule has 0 fully saturated rings. The smallest absolute Gasteiger partial charge is 0.493 e. The van der Waals surface area contributed by atoms with Gasteiger partial charge in [-0.25, -0.2) is 13.2 Å². The highest BCUT2D eigenvalue weighted by atomic mass is 19.4. The molecule has 2 nitrogen and oxygen atoms in total. The van der Waals surface area contributed by atoms with Crippen molar-refractivity contribution in [2.75, 3.05) is 6.61 Å². The van der Waals surface area contributed by atoms with Gasteiger partial charge in [-0.2, -0.15) is 0 Å². The van der Waals surface area contributed by atoms with Gasteiger partial charge >= 0.3 is 6.36 Å². The van der Waals surface area contributed by atoms with Crippen molar-refractivity contribution in [1.82, 2.24) is 0 Å². The summed E-state index contributed by atoms with van der Waals surface area (Å²) >= 11 is 0. The number of hydrogen-bond donors (Lipinski definition) is 0. The molecule has 0 aliphatic carbocycles. The molecule has 0 bridgehead atoms. The van der Waals surface area contributed by atoms with E-state index in [-0.39, 0.29) is 12.8 Å². The van der Waals surface area contributed by atoms with Crippen LogP contribution in [0.2, 0.25) is 0 Å². The molecule has 0 aliphatic heterocycles. The summed E-state index contributed by atoms with van der Waals surface area (Å²) in [7, 11) is 0. The minimum atomic E-state index is -4.99. The van der Waals surface area contributed by atoms with Gasteiger partial charge in [-0.1, -0.05) is 43.7 Å². The van der Waals surface area contributed by atoms with Crippen LogP contribution in [0.4, 0.5) is 26.3 Å². The fourth-order valence-corrected chi connectivity index (χ4v) is 4.04. The predicted molar refractivity (Wildman–Crippen MR) is 130 cm³/mol. The third-order valence-electron chi connectivity index (χ3n) is 5.96. The zero-order valence-corrected chi connectivity index (χ0v) is 20.0. The van der Waals surface area contributed by atoms with E-state index < -0.39 is 29.6 Å². The monoisotopic (exact) mass is 518 g/mol. The van der Waals surface area contributed by atoms with Crippen LogP contribution in [0.15, 0.2) is 66.7 Å². The number of halogens is 6. The second-order valence-corrected chi connectivity index (χ2v) is 8.63. The molecule has 0 N–H and O–H groups in total. The highest BCUT2D eigenvalue weighted by molar-refractivity contribution is 5.88. The zero-order valence-electron chi connectivity index (χ0n) is 20.0. The third kappa shape index (κ3) is 6.56. The average molecular weight is 518 g/mol. The molecule has 4 rings (SSSR count). The first kappa shape index (κ1) is 26.4. The van der Waals surface area contributed by atoms with Crippen LogP contribution >= 0.6 is 0 Å². The number of hydrogen-bond acceptors (Lipinski definition) is 2. The van der Waals surface area contributed by atoms with Gasteiger partial charge in [0.25, 0.3) is 0 Å². The molecular formula is C29H24F6O2. The Hall–Kier alpha value is -3.68. The summed E-state index contributed by atoms with van der Waals surface area (Å²) in [6.07, 6.45) is -2.73. The van der Waals surface area contributed by atoms with Crippen LogP contribution in [0, 0.1) is 17.5 Å². The molecule has 0 spiro atoms. The van der Waals surface area contributed by atoms with Crippen LogP contribution in [0.25, 0.3) is 21.9 Å². The number of ether oxygens (including phenoxy) is 2. The molecule has 0 aliphatic rings. The first-order valence-electron chi connectivity index (χ1n) is 11.8. The topological polar surface area (TPSA) is 18.5 Å². The van der Waals surface area contributed by atoms with Crippen molar-refractivity contribution < 1.29 is 35.8 Å². The summed E-state index contributed by atoms with van der Waals surface area (Å²) < 4.78 is 90.0. The minimum absolute atomic E-state index is 0.205. The van der Waals surface area contributed by atoms with E-state index in [9.17, 15) is 22.0 Å². The van der Waals surface area contributed by atoms with E-state index in [2.05, 4.69) is 4.74 Å². The Morgan fingerprint density at radius 1 is 0.784 bits per heavy atom. The van der Waals surface area contributed by atoms with Crippen LogP contribution < -0.4 is 9.47 Å². The molecule has 4 aromatic rings. The van der Waals surface area contributed by atoms with Crippen molar-refractivity contribution in [2.24, 2.45) is 0 Å². The maximum absolute atomic E-state index is 15.2. The van der Waals surface area contributed by atoms with E-state index in [1.54, 1.807) is 42.5 Å². The number of alkyl halides is 3.